The standard InChI is InChI=1S/C44H54N4O/c1-9-39-43(35-17-13-15-19-41(35)47(39)11-3)37(31-21-25-33(26-22-31)45(5)6)29-49-30-38(32-23-27-34(28-24-32)46(7)8)44-36-18-14-16-20-42(36)48(12-4)40(44)10-2/h13-28,37-38H,9-12,29-30H2,1-8H3. The number of benzene rings is 4. The molecule has 0 aliphatic carbocycles. The van der Waals surface area contributed by atoms with Crippen LogP contribution in [0.2, 0.25) is 0 Å². The molecule has 5 heteroatoms. The van der Waals surface area contributed by atoms with Crippen LogP contribution in [0.3, 0.4) is 0 Å². The van der Waals surface area contributed by atoms with E-state index in [0.29, 0.717) is 13.2 Å². The van der Waals surface area contributed by atoms with Crippen LogP contribution in [-0.4, -0.2) is 50.5 Å². The molecule has 6 aromatic rings. The smallest absolute Gasteiger partial charge is 0.0576 e. The molecule has 0 N–H and O–H groups in total. The summed E-state index contributed by atoms with van der Waals surface area (Å²) in [6.45, 7) is 12.2. The topological polar surface area (TPSA) is 25.6 Å². The highest BCUT2D eigenvalue weighted by molar-refractivity contribution is 5.88. The number of anilines is 2. The van der Waals surface area contributed by atoms with Crippen LogP contribution in [0.4, 0.5) is 11.4 Å². The van der Waals surface area contributed by atoms with Crippen LogP contribution in [0.5, 0.6) is 0 Å². The summed E-state index contributed by atoms with van der Waals surface area (Å²) in [5.74, 6) is 0.200. The lowest BCUT2D eigenvalue weighted by Crippen LogP contribution is -2.18. The second kappa shape index (κ2) is 15.0. The lowest BCUT2D eigenvalue weighted by Gasteiger charge is -2.25. The van der Waals surface area contributed by atoms with Gasteiger partial charge in [-0.1, -0.05) is 74.5 Å². The fourth-order valence-electron chi connectivity index (χ4n) is 8.03. The van der Waals surface area contributed by atoms with E-state index in [1.54, 1.807) is 0 Å². The third-order valence-electron chi connectivity index (χ3n) is 10.4. The molecule has 4 aromatic carbocycles. The van der Waals surface area contributed by atoms with E-state index in [9.17, 15) is 0 Å². The molecular weight excluding hydrogens is 601 g/mol. The first-order valence-corrected chi connectivity index (χ1v) is 18.1. The van der Waals surface area contributed by atoms with E-state index in [1.807, 2.05) is 0 Å². The van der Waals surface area contributed by atoms with E-state index in [4.69, 9.17) is 4.74 Å². The van der Waals surface area contributed by atoms with E-state index in [0.717, 1.165) is 25.9 Å². The number of fused-ring (bicyclic) bond motifs is 2. The van der Waals surface area contributed by atoms with Crippen molar-refractivity contribution in [3.05, 3.63) is 131 Å². The molecule has 2 aromatic heterocycles. The third-order valence-corrected chi connectivity index (χ3v) is 10.4. The lowest BCUT2D eigenvalue weighted by atomic mass is 9.88. The summed E-state index contributed by atoms with van der Waals surface area (Å²) in [7, 11) is 8.41. The fraction of sp³-hybridized carbons (Fsp3) is 0.364. The third kappa shape index (κ3) is 6.49. The number of nitrogens with zero attached hydrogens (tertiary/aromatic N) is 4. The molecule has 0 amide bonds. The Bertz CT molecular complexity index is 1850. The Hall–Kier alpha value is -4.48. The molecule has 0 fully saturated rings. The van der Waals surface area contributed by atoms with Crippen molar-refractivity contribution in [3.63, 3.8) is 0 Å². The van der Waals surface area contributed by atoms with Crippen LogP contribution in [0, 0.1) is 0 Å². The Labute approximate surface area is 293 Å². The van der Waals surface area contributed by atoms with Crippen molar-refractivity contribution in [2.75, 3.05) is 51.2 Å². The quantitative estimate of drug-likeness (QED) is 0.117. The van der Waals surface area contributed by atoms with Crippen molar-refractivity contribution < 1.29 is 4.74 Å². The number of ether oxygens (including phenoxy) is 1. The highest BCUT2D eigenvalue weighted by Gasteiger charge is 2.28. The molecule has 0 saturated carbocycles. The Morgan fingerprint density at radius 3 is 1.20 bits per heavy atom. The van der Waals surface area contributed by atoms with Crippen molar-refractivity contribution in [1.82, 2.24) is 9.13 Å². The maximum atomic E-state index is 7.07. The lowest BCUT2D eigenvalue weighted by molar-refractivity contribution is 0.121. The maximum absolute atomic E-state index is 7.07. The first-order chi connectivity index (χ1) is 23.8. The number of rotatable bonds is 14. The molecule has 2 heterocycles. The minimum atomic E-state index is 0.100. The molecule has 49 heavy (non-hydrogen) atoms. The van der Waals surface area contributed by atoms with Gasteiger partial charge in [-0.2, -0.15) is 0 Å². The molecule has 0 radical (unpaired) electrons. The average molecular weight is 655 g/mol. The van der Waals surface area contributed by atoms with Gasteiger partial charge in [0.25, 0.3) is 0 Å². The molecule has 256 valence electrons. The molecule has 2 atom stereocenters. The zero-order valence-corrected chi connectivity index (χ0v) is 30.8. The molecule has 0 aliphatic rings. The van der Waals surface area contributed by atoms with Crippen molar-refractivity contribution in [2.24, 2.45) is 0 Å². The number of hydrogen-bond acceptors (Lipinski definition) is 3. The maximum Gasteiger partial charge on any atom is 0.0576 e. The molecule has 5 nitrogen and oxygen atoms in total. The van der Waals surface area contributed by atoms with Crippen molar-refractivity contribution in [1.29, 1.82) is 0 Å². The summed E-state index contributed by atoms with van der Waals surface area (Å²) >= 11 is 0. The second-order valence-electron chi connectivity index (χ2n) is 13.6. The van der Waals surface area contributed by atoms with Gasteiger partial charge in [-0.05, 0) is 85.3 Å². The number of aryl methyl sites for hydroxylation is 2. The molecule has 6 rings (SSSR count). The van der Waals surface area contributed by atoms with Crippen molar-refractivity contribution in [2.45, 2.75) is 65.5 Å². The predicted octanol–water partition coefficient (Wildman–Crippen LogP) is 9.87. The van der Waals surface area contributed by atoms with E-state index < -0.39 is 0 Å². The van der Waals surface area contributed by atoms with Gasteiger partial charge < -0.3 is 23.7 Å². The molecule has 0 bridgehead atoms. The van der Waals surface area contributed by atoms with Crippen LogP contribution in [0.25, 0.3) is 21.8 Å². The van der Waals surface area contributed by atoms with E-state index in [2.05, 4.69) is 172 Å². The Balaban J connectivity index is 1.45. The van der Waals surface area contributed by atoms with Gasteiger partial charge in [0.1, 0.15) is 0 Å². The minimum Gasteiger partial charge on any atom is -0.379 e. The Kier molecular flexibility index (Phi) is 10.5. The van der Waals surface area contributed by atoms with Crippen LogP contribution in [-0.2, 0) is 30.7 Å². The number of aromatic nitrogens is 2. The van der Waals surface area contributed by atoms with Crippen LogP contribution < -0.4 is 9.80 Å². The van der Waals surface area contributed by atoms with Gasteiger partial charge in [-0.15, -0.1) is 0 Å². The first-order valence-electron chi connectivity index (χ1n) is 18.1. The van der Waals surface area contributed by atoms with Crippen molar-refractivity contribution >= 4 is 33.2 Å². The van der Waals surface area contributed by atoms with Crippen LogP contribution in [0.15, 0.2) is 97.1 Å². The highest BCUT2D eigenvalue weighted by atomic mass is 16.5. The van der Waals surface area contributed by atoms with E-state index in [-0.39, 0.29) is 11.8 Å². The molecule has 0 aliphatic heterocycles. The van der Waals surface area contributed by atoms with Gasteiger partial charge in [-0.3, -0.25) is 0 Å². The van der Waals surface area contributed by atoms with Gasteiger partial charge >= 0.3 is 0 Å². The zero-order chi connectivity index (χ0) is 34.7. The number of para-hydroxylation sites is 2. The summed E-state index contributed by atoms with van der Waals surface area (Å²) < 4.78 is 12.1. The Morgan fingerprint density at radius 2 is 0.878 bits per heavy atom. The van der Waals surface area contributed by atoms with E-state index in [1.165, 1.54) is 66.8 Å². The zero-order valence-electron chi connectivity index (χ0n) is 30.8. The van der Waals surface area contributed by atoms with Crippen LogP contribution in [0.1, 0.15) is 73.2 Å². The molecular formula is C44H54N4O. The van der Waals surface area contributed by atoms with Gasteiger partial charge in [0.15, 0.2) is 0 Å². The predicted molar refractivity (Wildman–Crippen MR) is 210 cm³/mol. The van der Waals surface area contributed by atoms with Crippen molar-refractivity contribution in [3.8, 4) is 0 Å². The SMILES string of the molecule is CCc1c(C(COCC(c2ccc(N(C)C)cc2)c2c(CC)n(CC)c3ccccc23)c2ccc(N(C)C)cc2)c2ccccc2n1CC. The summed E-state index contributed by atoms with van der Waals surface area (Å²) in [6.07, 6.45) is 1.95. The largest absolute Gasteiger partial charge is 0.379 e. The summed E-state index contributed by atoms with van der Waals surface area (Å²) in [5.41, 5.74) is 13.2. The molecule has 0 spiro atoms. The van der Waals surface area contributed by atoms with Crippen LogP contribution >= 0.6 is 0 Å². The summed E-state index contributed by atoms with van der Waals surface area (Å²) in [6, 6.07) is 36.1. The number of hydrogen-bond donors (Lipinski definition) is 0. The molecule has 0 saturated heterocycles. The van der Waals surface area contributed by atoms with E-state index >= 15 is 0 Å². The van der Waals surface area contributed by atoms with Gasteiger partial charge in [0.05, 0.1) is 13.2 Å². The fourth-order valence-corrected chi connectivity index (χ4v) is 8.03. The first kappa shape index (κ1) is 34.4. The second-order valence-corrected chi connectivity index (χ2v) is 13.6. The summed E-state index contributed by atoms with van der Waals surface area (Å²) in [4.78, 5) is 4.33. The van der Waals surface area contributed by atoms with Gasteiger partial charge in [0, 0.05) is 97.7 Å². The monoisotopic (exact) mass is 654 g/mol. The average Bonchev–Trinajstić information content (AvgIpc) is 3.63. The Morgan fingerprint density at radius 1 is 0.510 bits per heavy atom. The molecule has 2 unspecified atom stereocenters. The van der Waals surface area contributed by atoms with Gasteiger partial charge in [-0.25, -0.2) is 0 Å². The normalized spacial score (nSPS) is 12.9. The van der Waals surface area contributed by atoms with Gasteiger partial charge in [0.2, 0.25) is 0 Å². The minimum absolute atomic E-state index is 0.100. The summed E-state index contributed by atoms with van der Waals surface area (Å²) in [5, 5.41) is 2.67. The highest BCUT2D eigenvalue weighted by Crippen LogP contribution is 2.40.